The van der Waals surface area contributed by atoms with E-state index in [-0.39, 0.29) is 0 Å². The average Bonchev–Trinajstić information content (AvgIpc) is 2.49. The lowest BCUT2D eigenvalue weighted by Gasteiger charge is -2.30. The first-order valence-corrected chi connectivity index (χ1v) is 8.32. The molecule has 0 bridgehead atoms. The van der Waals surface area contributed by atoms with Gasteiger partial charge in [-0.25, -0.2) is 0 Å². The number of rotatable bonds is 7. The molecule has 0 amide bonds. The zero-order chi connectivity index (χ0) is 15.1. The molecule has 0 unspecified atom stereocenters. The van der Waals surface area contributed by atoms with E-state index in [1.165, 1.54) is 38.9 Å². The van der Waals surface area contributed by atoms with Gasteiger partial charge in [0.15, 0.2) is 0 Å². The van der Waals surface area contributed by atoms with Crippen LogP contribution in [-0.4, -0.2) is 38.2 Å². The van der Waals surface area contributed by atoms with Gasteiger partial charge in [0.1, 0.15) is 5.75 Å². The molecule has 1 fully saturated rings. The number of hydrogen-bond acceptors (Lipinski definition) is 3. The van der Waals surface area contributed by atoms with Crippen molar-refractivity contribution in [3.63, 3.8) is 0 Å². The maximum atomic E-state index is 6.04. The summed E-state index contributed by atoms with van der Waals surface area (Å²) >= 11 is 6.04. The van der Waals surface area contributed by atoms with Crippen LogP contribution in [0.25, 0.3) is 0 Å². The molecule has 0 aromatic heterocycles. The number of ether oxygens (including phenoxy) is 1. The van der Waals surface area contributed by atoms with Crippen LogP contribution in [0.2, 0.25) is 5.02 Å². The van der Waals surface area contributed by atoms with Crippen molar-refractivity contribution in [3.05, 3.63) is 28.8 Å². The molecule has 118 valence electrons. The third-order valence-corrected chi connectivity index (χ3v) is 4.50. The lowest BCUT2D eigenvalue weighted by atomic mass is 9.99. The van der Waals surface area contributed by atoms with E-state index in [0.29, 0.717) is 0 Å². The first-order chi connectivity index (χ1) is 10.2. The second kappa shape index (κ2) is 8.62. The highest BCUT2D eigenvalue weighted by Gasteiger charge is 2.14. The normalized spacial score (nSPS) is 17.1. The Hall–Kier alpha value is -0.770. The van der Waals surface area contributed by atoms with Crippen molar-refractivity contribution in [1.82, 2.24) is 10.2 Å². The van der Waals surface area contributed by atoms with Crippen LogP contribution in [-0.2, 0) is 6.54 Å². The molecule has 0 radical (unpaired) electrons. The van der Waals surface area contributed by atoms with Gasteiger partial charge in [-0.3, -0.25) is 0 Å². The first-order valence-electron chi connectivity index (χ1n) is 7.94. The van der Waals surface area contributed by atoms with E-state index in [1.807, 2.05) is 18.2 Å². The smallest absolute Gasteiger partial charge is 0.123 e. The quantitative estimate of drug-likeness (QED) is 0.779. The number of piperidine rings is 1. The van der Waals surface area contributed by atoms with Crippen molar-refractivity contribution < 1.29 is 4.74 Å². The highest BCUT2D eigenvalue weighted by Crippen LogP contribution is 2.22. The molecular weight excluding hydrogens is 284 g/mol. The van der Waals surface area contributed by atoms with Crippen molar-refractivity contribution in [2.45, 2.75) is 32.7 Å². The fraction of sp³-hybridized carbons (Fsp3) is 0.647. The zero-order valence-electron chi connectivity index (χ0n) is 13.2. The van der Waals surface area contributed by atoms with Crippen molar-refractivity contribution in [2.75, 3.05) is 33.3 Å². The lowest BCUT2D eigenvalue weighted by molar-refractivity contribution is 0.190. The Kier molecular flexibility index (Phi) is 6.81. The van der Waals surface area contributed by atoms with Crippen LogP contribution in [0.3, 0.4) is 0 Å². The molecule has 1 aliphatic heterocycles. The standard InChI is InChI=1S/C17H27ClN2O/c1-14-6-10-20(11-7-14)9-3-8-19-13-15-12-16(18)4-5-17(15)21-2/h4-5,12,14,19H,3,6-11,13H2,1-2H3. The van der Waals surface area contributed by atoms with E-state index < -0.39 is 0 Å². The van der Waals surface area contributed by atoms with E-state index in [1.54, 1.807) is 7.11 Å². The summed E-state index contributed by atoms with van der Waals surface area (Å²) in [4.78, 5) is 2.58. The second-order valence-corrected chi connectivity index (χ2v) is 6.45. The van der Waals surface area contributed by atoms with Gasteiger partial charge >= 0.3 is 0 Å². The number of nitrogens with one attached hydrogen (secondary N) is 1. The van der Waals surface area contributed by atoms with E-state index in [2.05, 4.69) is 17.1 Å². The zero-order valence-corrected chi connectivity index (χ0v) is 14.0. The number of benzene rings is 1. The van der Waals surface area contributed by atoms with Crippen molar-refractivity contribution in [2.24, 2.45) is 5.92 Å². The summed E-state index contributed by atoms with van der Waals surface area (Å²) in [5.41, 5.74) is 1.12. The molecule has 0 saturated carbocycles. The number of methoxy groups -OCH3 is 1. The SMILES string of the molecule is COc1ccc(Cl)cc1CNCCCN1CCC(C)CC1. The minimum absolute atomic E-state index is 0.759. The molecule has 4 heteroatoms. The van der Waals surface area contributed by atoms with Gasteiger partial charge in [0, 0.05) is 17.1 Å². The largest absolute Gasteiger partial charge is 0.496 e. The van der Waals surface area contributed by atoms with Crippen LogP contribution in [0.5, 0.6) is 5.75 Å². The highest BCUT2D eigenvalue weighted by atomic mass is 35.5. The number of likely N-dealkylation sites (tertiary alicyclic amines) is 1. The van der Waals surface area contributed by atoms with Gasteiger partial charge in [-0.2, -0.15) is 0 Å². The van der Waals surface area contributed by atoms with Gasteiger partial charge < -0.3 is 15.0 Å². The van der Waals surface area contributed by atoms with Crippen LogP contribution in [0.1, 0.15) is 31.7 Å². The minimum Gasteiger partial charge on any atom is -0.496 e. The molecular formula is C17H27ClN2O. The lowest BCUT2D eigenvalue weighted by Crippen LogP contribution is -2.34. The van der Waals surface area contributed by atoms with E-state index in [4.69, 9.17) is 16.3 Å². The maximum absolute atomic E-state index is 6.04. The van der Waals surface area contributed by atoms with Crippen LogP contribution in [0.4, 0.5) is 0 Å². The molecule has 1 heterocycles. The minimum atomic E-state index is 0.759. The van der Waals surface area contributed by atoms with Gasteiger partial charge in [0.2, 0.25) is 0 Å². The van der Waals surface area contributed by atoms with Crippen LogP contribution < -0.4 is 10.1 Å². The second-order valence-electron chi connectivity index (χ2n) is 6.01. The van der Waals surface area contributed by atoms with Crippen LogP contribution in [0, 0.1) is 5.92 Å². The molecule has 1 aromatic rings. The Morgan fingerprint density at radius 1 is 1.33 bits per heavy atom. The molecule has 0 spiro atoms. The van der Waals surface area contributed by atoms with E-state index in [0.717, 1.165) is 35.3 Å². The average molecular weight is 311 g/mol. The van der Waals surface area contributed by atoms with Crippen molar-refractivity contribution in [3.8, 4) is 5.75 Å². The fourth-order valence-corrected chi connectivity index (χ4v) is 3.02. The molecule has 3 nitrogen and oxygen atoms in total. The van der Waals surface area contributed by atoms with Gasteiger partial charge in [-0.05, 0) is 69.6 Å². The predicted octanol–water partition coefficient (Wildman–Crippen LogP) is 3.56. The highest BCUT2D eigenvalue weighted by molar-refractivity contribution is 6.30. The van der Waals surface area contributed by atoms with Crippen molar-refractivity contribution >= 4 is 11.6 Å². The molecule has 1 saturated heterocycles. The molecule has 1 aromatic carbocycles. The summed E-state index contributed by atoms with van der Waals surface area (Å²) in [5.74, 6) is 1.81. The molecule has 0 atom stereocenters. The Bertz CT molecular complexity index is 431. The summed E-state index contributed by atoms with van der Waals surface area (Å²) in [6.45, 7) is 7.93. The van der Waals surface area contributed by atoms with Crippen molar-refractivity contribution in [1.29, 1.82) is 0 Å². The van der Waals surface area contributed by atoms with E-state index >= 15 is 0 Å². The summed E-state index contributed by atoms with van der Waals surface area (Å²) < 4.78 is 5.36. The summed E-state index contributed by atoms with van der Waals surface area (Å²) in [6.07, 6.45) is 3.90. The Labute approximate surface area is 133 Å². The molecule has 2 rings (SSSR count). The summed E-state index contributed by atoms with van der Waals surface area (Å²) in [7, 11) is 1.70. The Balaban J connectivity index is 1.64. The molecule has 0 aliphatic carbocycles. The Morgan fingerprint density at radius 3 is 2.81 bits per heavy atom. The molecule has 21 heavy (non-hydrogen) atoms. The molecule has 1 N–H and O–H groups in total. The van der Waals surface area contributed by atoms with E-state index in [9.17, 15) is 0 Å². The van der Waals surface area contributed by atoms with Crippen LogP contribution >= 0.6 is 11.6 Å². The topological polar surface area (TPSA) is 24.5 Å². The third-order valence-electron chi connectivity index (χ3n) is 4.26. The van der Waals surface area contributed by atoms with Gasteiger partial charge in [-0.1, -0.05) is 18.5 Å². The monoisotopic (exact) mass is 310 g/mol. The third kappa shape index (κ3) is 5.50. The number of nitrogens with zero attached hydrogens (tertiary/aromatic N) is 1. The first kappa shape index (κ1) is 16.6. The number of hydrogen-bond donors (Lipinski definition) is 1. The Morgan fingerprint density at radius 2 is 2.10 bits per heavy atom. The van der Waals surface area contributed by atoms with Gasteiger partial charge in [-0.15, -0.1) is 0 Å². The van der Waals surface area contributed by atoms with Gasteiger partial charge in [0.05, 0.1) is 7.11 Å². The maximum Gasteiger partial charge on any atom is 0.123 e. The fourth-order valence-electron chi connectivity index (χ4n) is 2.82. The summed E-state index contributed by atoms with van der Waals surface area (Å²) in [5, 5.41) is 4.25. The number of halogens is 1. The summed E-state index contributed by atoms with van der Waals surface area (Å²) in [6, 6.07) is 5.76. The predicted molar refractivity (Wildman–Crippen MR) is 89.2 cm³/mol. The van der Waals surface area contributed by atoms with Crippen LogP contribution in [0.15, 0.2) is 18.2 Å². The van der Waals surface area contributed by atoms with Gasteiger partial charge in [0.25, 0.3) is 0 Å². The molecule has 1 aliphatic rings.